The quantitative estimate of drug-likeness (QED) is 0.0262. The van der Waals surface area contributed by atoms with Gasteiger partial charge in [0.05, 0.1) is 0 Å². The van der Waals surface area contributed by atoms with Crippen LogP contribution in [0.25, 0.3) is 0 Å². The van der Waals surface area contributed by atoms with Gasteiger partial charge >= 0.3 is 17.9 Å². The summed E-state index contributed by atoms with van der Waals surface area (Å²) in [6.45, 7) is 6.38. The number of hydrogen-bond donors (Lipinski definition) is 0. The lowest BCUT2D eigenvalue weighted by Gasteiger charge is -2.18. The van der Waals surface area contributed by atoms with Gasteiger partial charge < -0.3 is 14.2 Å². The van der Waals surface area contributed by atoms with Crippen molar-refractivity contribution in [1.82, 2.24) is 0 Å². The molecule has 1 unspecified atom stereocenters. The Morgan fingerprint density at radius 3 is 1.00 bits per heavy atom. The fourth-order valence-electron chi connectivity index (χ4n) is 7.37. The average molecular weight is 929 g/mol. The molecule has 0 spiro atoms. The first kappa shape index (κ1) is 63.1. The van der Waals surface area contributed by atoms with Crippen LogP contribution >= 0.6 is 0 Å². The summed E-state index contributed by atoms with van der Waals surface area (Å²) in [5.41, 5.74) is 0. The molecule has 0 N–H and O–H groups in total. The number of esters is 3. The highest BCUT2D eigenvalue weighted by molar-refractivity contribution is 5.71. The number of ether oxygens (including phenoxy) is 3. The van der Waals surface area contributed by atoms with Gasteiger partial charge in [-0.1, -0.05) is 271 Å². The lowest BCUT2D eigenvalue weighted by molar-refractivity contribution is -0.167. The fourth-order valence-corrected chi connectivity index (χ4v) is 7.37. The lowest BCUT2D eigenvalue weighted by Crippen LogP contribution is -2.30. The summed E-state index contributed by atoms with van der Waals surface area (Å²) in [6.07, 6.45) is 73.7. The molecule has 0 aromatic heterocycles. The van der Waals surface area contributed by atoms with Crippen molar-refractivity contribution in [2.45, 2.75) is 245 Å². The first-order valence-corrected chi connectivity index (χ1v) is 27.5. The summed E-state index contributed by atoms with van der Waals surface area (Å²) in [4.78, 5) is 38.0. The van der Waals surface area contributed by atoms with Gasteiger partial charge in [-0.2, -0.15) is 0 Å². The minimum Gasteiger partial charge on any atom is -0.462 e. The number of rotatable bonds is 48. The Labute approximate surface area is 412 Å². The number of hydrogen-bond acceptors (Lipinski definition) is 6. The first-order valence-electron chi connectivity index (χ1n) is 27.5. The highest BCUT2D eigenvalue weighted by atomic mass is 16.6. The number of unbranched alkanes of at least 4 members (excludes halogenated alkanes) is 26. The van der Waals surface area contributed by atoms with E-state index in [9.17, 15) is 14.4 Å². The molecule has 0 radical (unpaired) electrons. The van der Waals surface area contributed by atoms with Crippen molar-refractivity contribution >= 4 is 17.9 Å². The SMILES string of the molecule is CC\C=C/C=C\C=C/C=C\C=C/CCCC(=O)OCC(COC(=O)CCCCCCC\C=C/C=C\C=C/C=C\CCCCC)OC(=O)CCCCCCCCCCCCCCCCCCCC. The second kappa shape index (κ2) is 54.7. The highest BCUT2D eigenvalue weighted by Crippen LogP contribution is 2.16. The van der Waals surface area contributed by atoms with Crippen molar-refractivity contribution in [1.29, 1.82) is 0 Å². The molecular formula is C61H100O6. The summed E-state index contributed by atoms with van der Waals surface area (Å²) in [7, 11) is 0. The third-order valence-electron chi connectivity index (χ3n) is 11.5. The Hall–Kier alpha value is -3.93. The topological polar surface area (TPSA) is 78.9 Å². The molecule has 6 heteroatoms. The van der Waals surface area contributed by atoms with Crippen LogP contribution in [0.2, 0.25) is 0 Å². The fraction of sp³-hybridized carbons (Fsp3) is 0.656. The van der Waals surface area contributed by atoms with Gasteiger partial charge in [-0.05, 0) is 57.8 Å². The van der Waals surface area contributed by atoms with Crippen molar-refractivity contribution in [2.75, 3.05) is 13.2 Å². The van der Waals surface area contributed by atoms with Crippen molar-refractivity contribution in [3.8, 4) is 0 Å². The Morgan fingerprint density at radius 1 is 0.313 bits per heavy atom. The maximum Gasteiger partial charge on any atom is 0.306 e. The molecule has 1 atom stereocenters. The van der Waals surface area contributed by atoms with Gasteiger partial charge in [-0.15, -0.1) is 0 Å². The van der Waals surface area contributed by atoms with E-state index in [0.29, 0.717) is 19.3 Å². The van der Waals surface area contributed by atoms with Crippen LogP contribution in [0.1, 0.15) is 239 Å². The molecule has 0 aliphatic rings. The van der Waals surface area contributed by atoms with Crippen molar-refractivity contribution < 1.29 is 28.6 Å². The molecular weight excluding hydrogens is 829 g/mol. The minimum atomic E-state index is -0.817. The normalized spacial score (nSPS) is 12.9. The van der Waals surface area contributed by atoms with Gasteiger partial charge in [0.2, 0.25) is 0 Å². The van der Waals surface area contributed by atoms with Gasteiger partial charge in [0.1, 0.15) is 13.2 Å². The molecule has 6 nitrogen and oxygen atoms in total. The number of carbonyl (C=O) groups excluding carboxylic acids is 3. The van der Waals surface area contributed by atoms with Crippen LogP contribution in [-0.4, -0.2) is 37.2 Å². The van der Waals surface area contributed by atoms with Crippen LogP contribution in [0, 0.1) is 0 Å². The molecule has 0 fully saturated rings. The van der Waals surface area contributed by atoms with Crippen molar-refractivity contribution in [2.24, 2.45) is 0 Å². The predicted octanol–water partition coefficient (Wildman–Crippen LogP) is 18.3. The van der Waals surface area contributed by atoms with E-state index >= 15 is 0 Å². The summed E-state index contributed by atoms with van der Waals surface area (Å²) < 4.78 is 16.8. The molecule has 0 rings (SSSR count). The summed E-state index contributed by atoms with van der Waals surface area (Å²) in [5, 5.41) is 0. The van der Waals surface area contributed by atoms with E-state index in [1.807, 2.05) is 54.7 Å². The van der Waals surface area contributed by atoms with E-state index in [1.54, 1.807) is 0 Å². The van der Waals surface area contributed by atoms with Gasteiger partial charge in [-0.3, -0.25) is 14.4 Å². The average Bonchev–Trinajstić information content (AvgIpc) is 3.33. The monoisotopic (exact) mass is 929 g/mol. The first-order chi connectivity index (χ1) is 33.0. The largest absolute Gasteiger partial charge is 0.462 e. The second-order valence-electron chi connectivity index (χ2n) is 18.0. The van der Waals surface area contributed by atoms with Crippen LogP contribution in [0.15, 0.2) is 109 Å². The summed E-state index contributed by atoms with van der Waals surface area (Å²) >= 11 is 0. The Kier molecular flexibility index (Phi) is 51.5. The van der Waals surface area contributed by atoms with E-state index in [2.05, 4.69) is 75.5 Å². The van der Waals surface area contributed by atoms with Gasteiger partial charge in [-0.25, -0.2) is 0 Å². The molecule has 0 amide bonds. The maximum absolute atomic E-state index is 12.8. The maximum atomic E-state index is 12.8. The molecule has 0 aliphatic carbocycles. The van der Waals surface area contributed by atoms with E-state index in [-0.39, 0.29) is 37.5 Å². The van der Waals surface area contributed by atoms with E-state index < -0.39 is 6.10 Å². The zero-order chi connectivity index (χ0) is 48.6. The van der Waals surface area contributed by atoms with Crippen molar-refractivity contribution in [3.63, 3.8) is 0 Å². The third-order valence-corrected chi connectivity index (χ3v) is 11.5. The summed E-state index contributed by atoms with van der Waals surface area (Å²) in [5.74, 6) is -1.01. The van der Waals surface area contributed by atoms with Crippen LogP contribution in [0.3, 0.4) is 0 Å². The standard InChI is InChI=1S/C61H100O6/c1-4-7-10-13-16-19-22-25-27-29-31-33-36-39-42-45-48-51-54-60(63)66-57-58(56-65-59(62)53-50-47-44-41-38-35-24-21-18-15-12-9-6-3)67-61(64)55-52-49-46-43-40-37-34-32-30-28-26-23-20-17-14-11-8-5-2/h9,12,15-16,18-19,21-22,24-25,27,29,31,33,35,38,41,44,58H,4-8,10-11,13-14,17,20,23,26,28,30,32,34,36-37,39-40,42-43,45-57H2,1-3H3/b12-9-,18-15-,19-16-,24-21-,25-22-,29-27-,33-31-,38-35-,44-41-. The molecule has 380 valence electrons. The second-order valence-corrected chi connectivity index (χ2v) is 18.0. The van der Waals surface area contributed by atoms with Crippen LogP contribution in [-0.2, 0) is 28.6 Å². The van der Waals surface area contributed by atoms with Gasteiger partial charge in [0, 0.05) is 19.3 Å². The third kappa shape index (κ3) is 52.9. The Balaban J connectivity index is 4.50. The number of carbonyl (C=O) groups is 3. The molecule has 0 saturated carbocycles. The van der Waals surface area contributed by atoms with Crippen molar-refractivity contribution in [3.05, 3.63) is 109 Å². The predicted molar refractivity (Wildman–Crippen MR) is 288 cm³/mol. The molecule has 0 aromatic carbocycles. The van der Waals surface area contributed by atoms with Crippen LogP contribution in [0.4, 0.5) is 0 Å². The molecule has 67 heavy (non-hydrogen) atoms. The molecule has 0 bridgehead atoms. The van der Waals surface area contributed by atoms with E-state index in [4.69, 9.17) is 14.2 Å². The van der Waals surface area contributed by atoms with E-state index in [1.165, 1.54) is 116 Å². The van der Waals surface area contributed by atoms with E-state index in [0.717, 1.165) is 77.0 Å². The van der Waals surface area contributed by atoms with Gasteiger partial charge in [0.15, 0.2) is 6.10 Å². The minimum absolute atomic E-state index is 0.113. The zero-order valence-corrected chi connectivity index (χ0v) is 43.4. The molecule has 0 aliphatic heterocycles. The van der Waals surface area contributed by atoms with Gasteiger partial charge in [0.25, 0.3) is 0 Å². The number of allylic oxidation sites excluding steroid dienone is 18. The lowest BCUT2D eigenvalue weighted by atomic mass is 10.0. The Bertz CT molecular complexity index is 1390. The van der Waals surface area contributed by atoms with Crippen LogP contribution < -0.4 is 0 Å². The van der Waals surface area contributed by atoms with Crippen LogP contribution in [0.5, 0.6) is 0 Å². The smallest absolute Gasteiger partial charge is 0.306 e. The molecule has 0 saturated heterocycles. The Morgan fingerprint density at radius 2 is 0.597 bits per heavy atom. The molecule has 0 aromatic rings. The zero-order valence-electron chi connectivity index (χ0n) is 43.4. The molecule has 0 heterocycles. The summed E-state index contributed by atoms with van der Waals surface area (Å²) in [6, 6.07) is 0. The highest BCUT2D eigenvalue weighted by Gasteiger charge is 2.19.